The summed E-state index contributed by atoms with van der Waals surface area (Å²) in [6.45, 7) is 0.821. The number of ether oxygens (including phenoxy) is 2. The normalized spacial score (nSPS) is 27.5. The van der Waals surface area contributed by atoms with E-state index in [2.05, 4.69) is 24.3 Å². The summed E-state index contributed by atoms with van der Waals surface area (Å²) in [6, 6.07) is 10.5. The third-order valence-electron chi connectivity index (χ3n) is 2.73. The molecule has 14 heavy (non-hydrogen) atoms. The van der Waals surface area contributed by atoms with Gasteiger partial charge in [0.05, 0.1) is 0 Å². The molecule has 0 N–H and O–H groups in total. The van der Waals surface area contributed by atoms with Gasteiger partial charge in [-0.05, 0) is 18.4 Å². The van der Waals surface area contributed by atoms with Crippen molar-refractivity contribution in [1.82, 2.24) is 0 Å². The van der Waals surface area contributed by atoms with Gasteiger partial charge in [0.15, 0.2) is 6.29 Å². The molecular weight excluding hydrogens is 176 g/mol. The first kappa shape index (κ1) is 9.69. The topological polar surface area (TPSA) is 18.5 Å². The smallest absolute Gasteiger partial charge is 0.163 e. The zero-order valence-corrected chi connectivity index (χ0v) is 8.48. The monoisotopic (exact) mass is 192 g/mol. The van der Waals surface area contributed by atoms with Crippen molar-refractivity contribution < 1.29 is 9.47 Å². The summed E-state index contributed by atoms with van der Waals surface area (Å²) in [6.07, 6.45) is 2.22. The van der Waals surface area contributed by atoms with Gasteiger partial charge >= 0.3 is 0 Å². The Kier molecular flexibility index (Phi) is 3.17. The minimum atomic E-state index is -0.0638. The van der Waals surface area contributed by atoms with Crippen molar-refractivity contribution in [3.63, 3.8) is 0 Å². The fourth-order valence-electron chi connectivity index (χ4n) is 2.01. The Labute approximate surface area is 84.8 Å². The first-order valence-electron chi connectivity index (χ1n) is 5.11. The highest BCUT2D eigenvalue weighted by molar-refractivity contribution is 5.20. The predicted molar refractivity (Wildman–Crippen MR) is 55.2 cm³/mol. The van der Waals surface area contributed by atoms with E-state index in [4.69, 9.17) is 9.47 Å². The van der Waals surface area contributed by atoms with E-state index in [1.54, 1.807) is 7.11 Å². The van der Waals surface area contributed by atoms with E-state index >= 15 is 0 Å². The molecule has 2 heteroatoms. The summed E-state index contributed by atoms with van der Waals surface area (Å²) in [5, 5.41) is 0. The lowest BCUT2D eigenvalue weighted by Gasteiger charge is -2.30. The van der Waals surface area contributed by atoms with Crippen molar-refractivity contribution in [2.24, 2.45) is 0 Å². The quantitative estimate of drug-likeness (QED) is 0.717. The van der Waals surface area contributed by atoms with Gasteiger partial charge in [-0.25, -0.2) is 0 Å². The standard InChI is InChI=1S/C12H16O2/c1-13-12-11(8-5-9-14-12)10-6-3-2-4-7-10/h2-4,6-7,11-12H,5,8-9H2,1H3/t11-,12-/m0/s1. The minimum Gasteiger partial charge on any atom is -0.355 e. The Bertz CT molecular complexity index is 271. The molecule has 0 bridgehead atoms. The third kappa shape index (κ3) is 1.97. The van der Waals surface area contributed by atoms with Crippen LogP contribution in [-0.4, -0.2) is 20.0 Å². The second-order valence-corrected chi connectivity index (χ2v) is 3.63. The molecule has 1 fully saturated rings. The maximum absolute atomic E-state index is 5.57. The molecule has 76 valence electrons. The molecular formula is C12H16O2. The lowest BCUT2D eigenvalue weighted by atomic mass is 9.92. The number of methoxy groups -OCH3 is 1. The third-order valence-corrected chi connectivity index (χ3v) is 2.73. The van der Waals surface area contributed by atoms with Crippen LogP contribution in [0.15, 0.2) is 30.3 Å². The Morgan fingerprint density at radius 3 is 2.79 bits per heavy atom. The van der Waals surface area contributed by atoms with Gasteiger partial charge in [-0.3, -0.25) is 0 Å². The molecule has 2 nitrogen and oxygen atoms in total. The summed E-state index contributed by atoms with van der Waals surface area (Å²) in [7, 11) is 1.71. The van der Waals surface area contributed by atoms with Crippen molar-refractivity contribution in [1.29, 1.82) is 0 Å². The van der Waals surface area contributed by atoms with Crippen LogP contribution in [0, 0.1) is 0 Å². The van der Waals surface area contributed by atoms with E-state index in [0.29, 0.717) is 5.92 Å². The van der Waals surface area contributed by atoms with E-state index in [-0.39, 0.29) is 6.29 Å². The fraction of sp³-hybridized carbons (Fsp3) is 0.500. The Morgan fingerprint density at radius 2 is 2.07 bits per heavy atom. The Morgan fingerprint density at radius 1 is 1.29 bits per heavy atom. The van der Waals surface area contributed by atoms with Gasteiger partial charge in [-0.1, -0.05) is 30.3 Å². The average molecular weight is 192 g/mol. The summed E-state index contributed by atoms with van der Waals surface area (Å²) in [5.74, 6) is 0.398. The minimum absolute atomic E-state index is 0.0638. The van der Waals surface area contributed by atoms with E-state index in [9.17, 15) is 0 Å². The molecule has 1 aliphatic heterocycles. The van der Waals surface area contributed by atoms with Crippen molar-refractivity contribution >= 4 is 0 Å². The highest BCUT2D eigenvalue weighted by atomic mass is 16.7. The van der Waals surface area contributed by atoms with Gasteiger partial charge in [-0.15, -0.1) is 0 Å². The Balaban J connectivity index is 2.15. The molecule has 2 atom stereocenters. The molecule has 2 rings (SSSR count). The van der Waals surface area contributed by atoms with E-state index in [0.717, 1.165) is 19.4 Å². The first-order chi connectivity index (χ1) is 6.92. The van der Waals surface area contributed by atoms with Crippen LogP contribution in [0.4, 0.5) is 0 Å². The number of benzene rings is 1. The number of hydrogen-bond acceptors (Lipinski definition) is 2. The average Bonchev–Trinajstić information content (AvgIpc) is 2.30. The highest BCUT2D eigenvalue weighted by Gasteiger charge is 2.26. The molecule has 0 spiro atoms. The molecule has 0 aromatic heterocycles. The molecule has 1 saturated heterocycles. The second-order valence-electron chi connectivity index (χ2n) is 3.63. The molecule has 1 aromatic carbocycles. The summed E-state index contributed by atoms with van der Waals surface area (Å²) < 4.78 is 10.9. The summed E-state index contributed by atoms with van der Waals surface area (Å²) in [4.78, 5) is 0. The molecule has 1 heterocycles. The molecule has 0 unspecified atom stereocenters. The van der Waals surface area contributed by atoms with E-state index < -0.39 is 0 Å². The van der Waals surface area contributed by atoms with Crippen LogP contribution in [0.5, 0.6) is 0 Å². The largest absolute Gasteiger partial charge is 0.355 e. The maximum atomic E-state index is 5.57. The molecule has 0 saturated carbocycles. The van der Waals surface area contributed by atoms with Gasteiger partial charge in [0, 0.05) is 19.6 Å². The van der Waals surface area contributed by atoms with E-state index in [1.165, 1.54) is 5.56 Å². The van der Waals surface area contributed by atoms with Crippen molar-refractivity contribution in [2.45, 2.75) is 25.0 Å². The zero-order valence-electron chi connectivity index (χ0n) is 8.48. The van der Waals surface area contributed by atoms with Crippen LogP contribution in [0.3, 0.4) is 0 Å². The van der Waals surface area contributed by atoms with Crippen molar-refractivity contribution in [3.8, 4) is 0 Å². The fourth-order valence-corrected chi connectivity index (χ4v) is 2.01. The van der Waals surface area contributed by atoms with Crippen LogP contribution in [0.1, 0.15) is 24.3 Å². The molecule has 0 radical (unpaired) electrons. The predicted octanol–water partition coefficient (Wildman–Crippen LogP) is 2.55. The van der Waals surface area contributed by atoms with Gasteiger partial charge in [0.25, 0.3) is 0 Å². The molecule has 1 aliphatic rings. The second kappa shape index (κ2) is 4.58. The van der Waals surface area contributed by atoms with Crippen molar-refractivity contribution in [2.75, 3.05) is 13.7 Å². The van der Waals surface area contributed by atoms with Crippen LogP contribution < -0.4 is 0 Å². The lowest BCUT2D eigenvalue weighted by molar-refractivity contribution is -0.158. The van der Waals surface area contributed by atoms with Crippen LogP contribution >= 0.6 is 0 Å². The Hall–Kier alpha value is -0.860. The lowest BCUT2D eigenvalue weighted by Crippen LogP contribution is -2.29. The van der Waals surface area contributed by atoms with Gasteiger partial charge in [0.1, 0.15) is 0 Å². The molecule has 0 amide bonds. The summed E-state index contributed by atoms with van der Waals surface area (Å²) in [5.41, 5.74) is 1.32. The van der Waals surface area contributed by atoms with Gasteiger partial charge in [0.2, 0.25) is 0 Å². The molecule has 1 aromatic rings. The van der Waals surface area contributed by atoms with Crippen LogP contribution in [0.25, 0.3) is 0 Å². The molecule has 0 aliphatic carbocycles. The van der Waals surface area contributed by atoms with Gasteiger partial charge in [-0.2, -0.15) is 0 Å². The number of rotatable bonds is 2. The number of hydrogen-bond donors (Lipinski definition) is 0. The van der Waals surface area contributed by atoms with E-state index in [1.807, 2.05) is 6.07 Å². The van der Waals surface area contributed by atoms with Crippen molar-refractivity contribution in [3.05, 3.63) is 35.9 Å². The highest BCUT2D eigenvalue weighted by Crippen LogP contribution is 2.30. The zero-order chi connectivity index (χ0) is 9.80. The van der Waals surface area contributed by atoms with Crippen LogP contribution in [0.2, 0.25) is 0 Å². The first-order valence-corrected chi connectivity index (χ1v) is 5.11. The summed E-state index contributed by atoms with van der Waals surface area (Å²) >= 11 is 0. The van der Waals surface area contributed by atoms with Crippen LogP contribution in [-0.2, 0) is 9.47 Å². The van der Waals surface area contributed by atoms with Gasteiger partial charge < -0.3 is 9.47 Å². The SMILES string of the molecule is CO[C@H]1OCCC[C@H]1c1ccccc1. The maximum Gasteiger partial charge on any atom is 0.163 e.